The number of aromatic amines is 1. The quantitative estimate of drug-likeness (QED) is 0.869. The molecule has 1 aliphatic rings. The van der Waals surface area contributed by atoms with E-state index in [1.165, 1.54) is 0 Å². The number of nitrogens with zero attached hydrogens (tertiary/aromatic N) is 1. The van der Waals surface area contributed by atoms with Gasteiger partial charge in [-0.05, 0) is 30.8 Å². The van der Waals surface area contributed by atoms with Crippen LogP contribution in [0.3, 0.4) is 0 Å². The van der Waals surface area contributed by atoms with Crippen molar-refractivity contribution in [3.8, 4) is 10.6 Å². The Morgan fingerprint density at radius 2 is 2.39 bits per heavy atom. The number of hydrogen-bond donors (Lipinski definition) is 2. The Bertz CT molecular complexity index is 570. The third-order valence-electron chi connectivity index (χ3n) is 3.22. The molecule has 0 aliphatic carbocycles. The first-order valence-electron chi connectivity index (χ1n) is 6.19. The van der Waals surface area contributed by atoms with Gasteiger partial charge < -0.3 is 10.3 Å². The van der Waals surface area contributed by atoms with Crippen molar-refractivity contribution in [1.29, 1.82) is 0 Å². The molecule has 0 amide bonds. The first-order chi connectivity index (χ1) is 8.83. The lowest BCUT2D eigenvalue weighted by molar-refractivity contribution is 0.446. The molecule has 18 heavy (non-hydrogen) atoms. The van der Waals surface area contributed by atoms with Gasteiger partial charge in [-0.2, -0.15) is 0 Å². The van der Waals surface area contributed by atoms with Crippen molar-refractivity contribution in [2.24, 2.45) is 0 Å². The highest BCUT2D eigenvalue weighted by Crippen LogP contribution is 2.24. The predicted molar refractivity (Wildman–Crippen MR) is 73.0 cm³/mol. The fraction of sp³-hybridized carbons (Fsp3) is 0.385. The molecule has 1 unspecified atom stereocenters. The van der Waals surface area contributed by atoms with Crippen molar-refractivity contribution in [2.75, 3.05) is 13.1 Å². The summed E-state index contributed by atoms with van der Waals surface area (Å²) in [6.07, 6.45) is 2.22. The molecular formula is C13H15N3OS. The summed E-state index contributed by atoms with van der Waals surface area (Å²) < 4.78 is 0. The lowest BCUT2D eigenvalue weighted by Gasteiger charge is -2.21. The molecule has 3 rings (SSSR count). The van der Waals surface area contributed by atoms with Crippen LogP contribution in [-0.4, -0.2) is 23.1 Å². The van der Waals surface area contributed by atoms with Crippen molar-refractivity contribution in [3.05, 3.63) is 39.8 Å². The molecule has 0 radical (unpaired) electrons. The molecule has 2 N–H and O–H groups in total. The van der Waals surface area contributed by atoms with E-state index in [0.29, 0.717) is 5.92 Å². The van der Waals surface area contributed by atoms with Gasteiger partial charge >= 0.3 is 0 Å². The van der Waals surface area contributed by atoms with E-state index in [9.17, 15) is 4.79 Å². The van der Waals surface area contributed by atoms with Crippen molar-refractivity contribution in [2.45, 2.75) is 18.8 Å². The van der Waals surface area contributed by atoms with Crippen LogP contribution in [0.25, 0.3) is 10.6 Å². The van der Waals surface area contributed by atoms with Gasteiger partial charge in [0.05, 0.1) is 10.6 Å². The second-order valence-corrected chi connectivity index (χ2v) is 5.48. The van der Waals surface area contributed by atoms with E-state index in [1.807, 2.05) is 17.5 Å². The second-order valence-electron chi connectivity index (χ2n) is 4.54. The highest BCUT2D eigenvalue weighted by Gasteiger charge is 2.18. The molecule has 1 aliphatic heterocycles. The predicted octanol–water partition coefficient (Wildman–Crippen LogP) is 1.97. The molecule has 0 spiro atoms. The van der Waals surface area contributed by atoms with Crippen LogP contribution in [0.4, 0.5) is 0 Å². The summed E-state index contributed by atoms with van der Waals surface area (Å²) in [5, 5.41) is 5.35. The summed E-state index contributed by atoms with van der Waals surface area (Å²) in [5.74, 6) is 1.14. The molecule has 3 heterocycles. The van der Waals surface area contributed by atoms with Crippen molar-refractivity contribution in [1.82, 2.24) is 15.3 Å². The van der Waals surface area contributed by atoms with E-state index < -0.39 is 0 Å². The van der Waals surface area contributed by atoms with E-state index in [-0.39, 0.29) is 5.56 Å². The van der Waals surface area contributed by atoms with Crippen molar-refractivity contribution < 1.29 is 0 Å². The van der Waals surface area contributed by atoms with Crippen LogP contribution in [0.15, 0.2) is 28.4 Å². The van der Waals surface area contributed by atoms with Gasteiger partial charge in [-0.1, -0.05) is 6.07 Å². The third-order valence-corrected chi connectivity index (χ3v) is 4.11. The number of H-pyrrole nitrogens is 1. The molecule has 0 saturated carbocycles. The second kappa shape index (κ2) is 5.04. The summed E-state index contributed by atoms with van der Waals surface area (Å²) in [6.45, 7) is 1.96. The average molecular weight is 261 g/mol. The molecule has 2 aromatic heterocycles. The monoisotopic (exact) mass is 261 g/mol. The van der Waals surface area contributed by atoms with E-state index in [0.717, 1.165) is 42.3 Å². The van der Waals surface area contributed by atoms with Crippen LogP contribution >= 0.6 is 11.3 Å². The van der Waals surface area contributed by atoms with Crippen LogP contribution in [0, 0.1) is 0 Å². The van der Waals surface area contributed by atoms with Gasteiger partial charge in [-0.25, -0.2) is 4.98 Å². The molecule has 4 nitrogen and oxygen atoms in total. The maximum atomic E-state index is 11.7. The Labute approximate surface area is 109 Å². The minimum absolute atomic E-state index is 0.0611. The summed E-state index contributed by atoms with van der Waals surface area (Å²) in [7, 11) is 0. The SMILES string of the molecule is O=c1cc(-c2cccs2)nc(C2CCCNC2)[nH]1. The molecule has 5 heteroatoms. The lowest BCUT2D eigenvalue weighted by atomic mass is 9.99. The van der Waals surface area contributed by atoms with Crippen LogP contribution in [0.1, 0.15) is 24.6 Å². The van der Waals surface area contributed by atoms with Crippen LogP contribution in [-0.2, 0) is 0 Å². The Balaban J connectivity index is 1.98. The van der Waals surface area contributed by atoms with E-state index in [1.54, 1.807) is 17.4 Å². The molecular weight excluding hydrogens is 246 g/mol. The summed E-state index contributed by atoms with van der Waals surface area (Å²) in [5.41, 5.74) is 0.725. The van der Waals surface area contributed by atoms with Gasteiger partial charge in [-0.3, -0.25) is 4.79 Å². The zero-order valence-electron chi connectivity index (χ0n) is 9.98. The first kappa shape index (κ1) is 11.6. The van der Waals surface area contributed by atoms with E-state index >= 15 is 0 Å². The number of hydrogen-bond acceptors (Lipinski definition) is 4. The highest BCUT2D eigenvalue weighted by molar-refractivity contribution is 7.13. The fourth-order valence-corrected chi connectivity index (χ4v) is 2.99. The number of rotatable bonds is 2. The Kier molecular flexibility index (Phi) is 3.25. The van der Waals surface area contributed by atoms with Crippen LogP contribution in [0.5, 0.6) is 0 Å². The number of piperidine rings is 1. The van der Waals surface area contributed by atoms with E-state index in [2.05, 4.69) is 15.3 Å². The maximum Gasteiger partial charge on any atom is 0.251 e. The number of aromatic nitrogens is 2. The lowest BCUT2D eigenvalue weighted by Crippen LogP contribution is -2.30. The minimum atomic E-state index is -0.0611. The van der Waals surface area contributed by atoms with Gasteiger partial charge in [-0.15, -0.1) is 11.3 Å². The number of thiophene rings is 1. The first-order valence-corrected chi connectivity index (χ1v) is 7.07. The maximum absolute atomic E-state index is 11.7. The smallest absolute Gasteiger partial charge is 0.251 e. The van der Waals surface area contributed by atoms with Gasteiger partial charge in [0, 0.05) is 18.5 Å². The van der Waals surface area contributed by atoms with Gasteiger partial charge in [0.1, 0.15) is 5.82 Å². The van der Waals surface area contributed by atoms with Gasteiger partial charge in [0.15, 0.2) is 0 Å². The standard InChI is InChI=1S/C13H15N3OS/c17-12-7-10(11-4-2-6-18-11)15-13(16-12)9-3-1-5-14-8-9/h2,4,6-7,9,14H,1,3,5,8H2,(H,15,16,17). The zero-order valence-corrected chi connectivity index (χ0v) is 10.8. The Hall–Kier alpha value is -1.46. The third kappa shape index (κ3) is 2.37. The van der Waals surface area contributed by atoms with Gasteiger partial charge in [0.2, 0.25) is 0 Å². The molecule has 94 valence electrons. The Morgan fingerprint density at radius 3 is 3.11 bits per heavy atom. The minimum Gasteiger partial charge on any atom is -0.316 e. The molecule has 1 fully saturated rings. The van der Waals surface area contributed by atoms with Gasteiger partial charge in [0.25, 0.3) is 5.56 Å². The topological polar surface area (TPSA) is 57.8 Å². The summed E-state index contributed by atoms with van der Waals surface area (Å²) in [6, 6.07) is 5.55. The van der Waals surface area contributed by atoms with Crippen molar-refractivity contribution in [3.63, 3.8) is 0 Å². The highest BCUT2D eigenvalue weighted by atomic mass is 32.1. The molecule has 1 atom stereocenters. The normalized spacial score (nSPS) is 19.9. The average Bonchev–Trinajstić information content (AvgIpc) is 2.93. The largest absolute Gasteiger partial charge is 0.316 e. The molecule has 0 aromatic carbocycles. The summed E-state index contributed by atoms with van der Waals surface area (Å²) >= 11 is 1.61. The number of nitrogens with one attached hydrogen (secondary N) is 2. The van der Waals surface area contributed by atoms with Crippen molar-refractivity contribution >= 4 is 11.3 Å². The van der Waals surface area contributed by atoms with Crippen LogP contribution in [0.2, 0.25) is 0 Å². The molecule has 1 saturated heterocycles. The molecule has 0 bridgehead atoms. The Morgan fingerprint density at radius 1 is 1.44 bits per heavy atom. The fourth-order valence-electron chi connectivity index (χ4n) is 2.31. The zero-order chi connectivity index (χ0) is 12.4. The molecule has 2 aromatic rings. The van der Waals surface area contributed by atoms with Crippen LogP contribution < -0.4 is 10.9 Å². The summed E-state index contributed by atoms with van der Waals surface area (Å²) in [4.78, 5) is 20.3. The van der Waals surface area contributed by atoms with E-state index in [4.69, 9.17) is 0 Å².